The summed E-state index contributed by atoms with van der Waals surface area (Å²) in [5, 5.41) is 8.56. The van der Waals surface area contributed by atoms with Crippen molar-refractivity contribution in [2.24, 2.45) is 14.1 Å². The lowest BCUT2D eigenvalue weighted by molar-refractivity contribution is 0.0855. The molecule has 0 radical (unpaired) electrons. The molecule has 1 saturated heterocycles. The summed E-state index contributed by atoms with van der Waals surface area (Å²) in [5.74, 6) is 0.374. The molecule has 0 saturated carbocycles. The SMILES string of the molecule is C=C(NC)c1cn(C)c2c(C3CCOCC3)cc(N3CCCc4cc(-c5cnn(C)c5)c(C(F)F)cc43)cc12. The van der Waals surface area contributed by atoms with Gasteiger partial charge in [-0.3, -0.25) is 4.68 Å². The summed E-state index contributed by atoms with van der Waals surface area (Å²) >= 11 is 0. The molecule has 2 aliphatic rings. The van der Waals surface area contributed by atoms with E-state index in [-0.39, 0.29) is 5.56 Å². The number of anilines is 2. The van der Waals surface area contributed by atoms with E-state index in [1.165, 1.54) is 11.1 Å². The van der Waals surface area contributed by atoms with E-state index in [2.05, 4.69) is 51.8 Å². The van der Waals surface area contributed by atoms with Gasteiger partial charge in [0.25, 0.3) is 6.43 Å². The molecule has 0 amide bonds. The van der Waals surface area contributed by atoms with Gasteiger partial charge in [0.15, 0.2) is 0 Å². The number of fused-ring (bicyclic) bond motifs is 2. The summed E-state index contributed by atoms with van der Waals surface area (Å²) in [6.07, 6.45) is 6.73. The molecule has 6 nitrogen and oxygen atoms in total. The molecule has 2 aromatic carbocycles. The van der Waals surface area contributed by atoms with E-state index in [0.717, 1.165) is 84.6 Å². The second kappa shape index (κ2) is 10.2. The van der Waals surface area contributed by atoms with E-state index in [0.29, 0.717) is 11.5 Å². The monoisotopic (exact) mass is 531 g/mol. The van der Waals surface area contributed by atoms with E-state index < -0.39 is 6.43 Å². The van der Waals surface area contributed by atoms with Crippen LogP contribution in [0.15, 0.2) is 49.4 Å². The molecule has 6 rings (SSSR count). The molecule has 4 heterocycles. The van der Waals surface area contributed by atoms with Gasteiger partial charge in [0, 0.05) is 92.4 Å². The van der Waals surface area contributed by atoms with Gasteiger partial charge in [-0.1, -0.05) is 6.58 Å². The Bertz CT molecular complexity index is 1550. The summed E-state index contributed by atoms with van der Waals surface area (Å²) in [6.45, 7) is 6.52. The smallest absolute Gasteiger partial charge is 0.264 e. The molecule has 2 aliphatic heterocycles. The van der Waals surface area contributed by atoms with E-state index in [9.17, 15) is 8.78 Å². The largest absolute Gasteiger partial charge is 0.388 e. The van der Waals surface area contributed by atoms with Crippen LogP contribution in [0.2, 0.25) is 0 Å². The Hall–Kier alpha value is -3.65. The predicted octanol–water partition coefficient (Wildman–Crippen LogP) is 6.68. The van der Waals surface area contributed by atoms with Crippen molar-refractivity contribution >= 4 is 28.0 Å². The van der Waals surface area contributed by atoms with Gasteiger partial charge < -0.3 is 19.5 Å². The first-order chi connectivity index (χ1) is 18.9. The molecule has 204 valence electrons. The van der Waals surface area contributed by atoms with Crippen LogP contribution in [0.1, 0.15) is 53.9 Å². The van der Waals surface area contributed by atoms with E-state index in [1.54, 1.807) is 30.2 Å². The zero-order chi connectivity index (χ0) is 27.3. The molecule has 1 N–H and O–H groups in total. The summed E-state index contributed by atoms with van der Waals surface area (Å²) in [6, 6.07) is 8.16. The lowest BCUT2D eigenvalue weighted by Gasteiger charge is -2.34. The third kappa shape index (κ3) is 4.50. The van der Waals surface area contributed by atoms with Gasteiger partial charge >= 0.3 is 0 Å². The summed E-state index contributed by atoms with van der Waals surface area (Å²) in [7, 11) is 5.78. The molecule has 0 unspecified atom stereocenters. The van der Waals surface area contributed by atoms with Crippen LogP contribution < -0.4 is 10.2 Å². The number of benzene rings is 2. The predicted molar refractivity (Wildman–Crippen MR) is 153 cm³/mol. The normalized spacial score (nSPS) is 16.2. The van der Waals surface area contributed by atoms with Crippen molar-refractivity contribution in [2.45, 2.75) is 38.0 Å². The summed E-state index contributed by atoms with van der Waals surface area (Å²) in [5.41, 5.74) is 8.73. The van der Waals surface area contributed by atoms with E-state index in [4.69, 9.17) is 4.74 Å². The van der Waals surface area contributed by atoms with E-state index >= 15 is 0 Å². The van der Waals surface area contributed by atoms with Crippen molar-refractivity contribution in [3.8, 4) is 11.1 Å². The van der Waals surface area contributed by atoms with Crippen molar-refractivity contribution < 1.29 is 13.5 Å². The molecular formula is C31H35F2N5O. The number of alkyl halides is 2. The number of ether oxygens (including phenoxy) is 1. The fourth-order valence-corrected chi connectivity index (χ4v) is 6.33. The van der Waals surface area contributed by atoms with Crippen LogP contribution in [-0.2, 0) is 25.3 Å². The molecule has 39 heavy (non-hydrogen) atoms. The number of rotatable bonds is 6. The minimum atomic E-state index is -2.59. The van der Waals surface area contributed by atoms with Crippen LogP contribution in [0.5, 0.6) is 0 Å². The average Bonchev–Trinajstić information content (AvgIpc) is 3.54. The molecule has 2 aromatic heterocycles. The highest BCUT2D eigenvalue weighted by Gasteiger charge is 2.28. The van der Waals surface area contributed by atoms with Gasteiger partial charge in [-0.05, 0) is 72.6 Å². The molecule has 0 aliphatic carbocycles. The summed E-state index contributed by atoms with van der Waals surface area (Å²) < 4.78 is 38.4. The second-order valence-electron chi connectivity index (χ2n) is 10.7. The van der Waals surface area contributed by atoms with Gasteiger partial charge in [0.1, 0.15) is 0 Å². The Morgan fingerprint density at radius 2 is 1.92 bits per heavy atom. The standard InChI is InChI=1S/C31H35F2N5O/c1-19(34-2)28-18-36(3)30-25(20-7-10-39-11-8-20)13-23(14-26(28)30)38-9-5-6-21-12-24(22-16-35-37(4)17-22)27(31(32)33)15-29(21)38/h12-18,20,31,34H,1,5-11H2,2-4H3. The van der Waals surface area contributed by atoms with Gasteiger partial charge in [0.2, 0.25) is 0 Å². The van der Waals surface area contributed by atoms with Crippen LogP contribution in [-0.4, -0.2) is 41.2 Å². The Morgan fingerprint density at radius 1 is 1.13 bits per heavy atom. The third-order valence-electron chi connectivity index (χ3n) is 8.31. The van der Waals surface area contributed by atoms with Gasteiger partial charge in [-0.25, -0.2) is 8.78 Å². The number of nitrogens with one attached hydrogen (secondary N) is 1. The maximum Gasteiger partial charge on any atom is 0.264 e. The lowest BCUT2D eigenvalue weighted by atomic mass is 9.88. The number of hydrogen-bond donors (Lipinski definition) is 1. The van der Waals surface area contributed by atoms with Crippen LogP contribution >= 0.6 is 0 Å². The Morgan fingerprint density at radius 3 is 2.62 bits per heavy atom. The maximum atomic E-state index is 14.4. The lowest BCUT2D eigenvalue weighted by Crippen LogP contribution is -2.25. The fourth-order valence-electron chi connectivity index (χ4n) is 6.33. The molecule has 0 spiro atoms. The number of nitrogens with zero attached hydrogens (tertiary/aromatic N) is 4. The number of aromatic nitrogens is 3. The quantitative estimate of drug-likeness (QED) is 0.301. The van der Waals surface area contributed by atoms with Crippen molar-refractivity contribution in [2.75, 3.05) is 31.7 Å². The Kier molecular flexibility index (Phi) is 6.67. The fraction of sp³-hybridized carbons (Fsp3) is 0.387. The molecular weight excluding hydrogens is 496 g/mol. The number of aryl methyl sites for hydroxylation is 3. The minimum absolute atomic E-state index is 0.0448. The van der Waals surface area contributed by atoms with Crippen LogP contribution in [0.25, 0.3) is 27.7 Å². The summed E-state index contributed by atoms with van der Waals surface area (Å²) in [4.78, 5) is 2.24. The second-order valence-corrected chi connectivity index (χ2v) is 10.7. The van der Waals surface area contributed by atoms with Crippen molar-refractivity contribution in [1.29, 1.82) is 0 Å². The van der Waals surface area contributed by atoms with Crippen LogP contribution in [0.4, 0.5) is 20.2 Å². The Balaban J connectivity index is 1.54. The van der Waals surface area contributed by atoms with Gasteiger partial charge in [0.05, 0.1) is 11.7 Å². The highest BCUT2D eigenvalue weighted by molar-refractivity contribution is 5.97. The molecule has 4 aromatic rings. The van der Waals surface area contributed by atoms with Crippen LogP contribution in [0.3, 0.4) is 0 Å². The molecule has 1 fully saturated rings. The first-order valence-corrected chi connectivity index (χ1v) is 13.6. The first kappa shape index (κ1) is 25.6. The highest BCUT2D eigenvalue weighted by Crippen LogP contribution is 2.44. The van der Waals surface area contributed by atoms with Crippen molar-refractivity contribution in [3.63, 3.8) is 0 Å². The zero-order valence-corrected chi connectivity index (χ0v) is 22.8. The van der Waals surface area contributed by atoms with Crippen molar-refractivity contribution in [3.05, 3.63) is 71.7 Å². The molecule has 8 heteroatoms. The first-order valence-electron chi connectivity index (χ1n) is 13.6. The Labute approximate surface area is 227 Å². The minimum Gasteiger partial charge on any atom is -0.388 e. The highest BCUT2D eigenvalue weighted by atomic mass is 19.3. The topological polar surface area (TPSA) is 47.2 Å². The zero-order valence-electron chi connectivity index (χ0n) is 22.8. The third-order valence-corrected chi connectivity index (χ3v) is 8.31. The molecule has 0 atom stereocenters. The maximum absolute atomic E-state index is 14.4. The average molecular weight is 532 g/mol. The van der Waals surface area contributed by atoms with E-state index in [1.807, 2.05) is 13.1 Å². The molecule has 0 bridgehead atoms. The van der Waals surface area contributed by atoms with Crippen LogP contribution in [0, 0.1) is 0 Å². The number of halogens is 2. The van der Waals surface area contributed by atoms with Gasteiger partial charge in [-0.2, -0.15) is 5.10 Å². The van der Waals surface area contributed by atoms with Crippen molar-refractivity contribution in [1.82, 2.24) is 19.7 Å². The van der Waals surface area contributed by atoms with Gasteiger partial charge in [-0.15, -0.1) is 0 Å². The number of hydrogen-bond acceptors (Lipinski definition) is 4.